The predicted molar refractivity (Wildman–Crippen MR) is 77.0 cm³/mol. The molecule has 0 amide bonds. The zero-order chi connectivity index (χ0) is 13.4. The number of aromatic nitrogens is 3. The van der Waals surface area contributed by atoms with Crippen LogP contribution in [-0.4, -0.2) is 21.7 Å². The van der Waals surface area contributed by atoms with Crippen LogP contribution >= 0.6 is 11.3 Å². The zero-order valence-corrected chi connectivity index (χ0v) is 12.0. The van der Waals surface area contributed by atoms with Crippen molar-refractivity contribution >= 4 is 16.3 Å². The third-order valence-corrected chi connectivity index (χ3v) is 4.14. The Balaban J connectivity index is 2.16. The minimum absolute atomic E-state index is 0.856. The molecule has 98 valence electrons. The first-order valence-electron chi connectivity index (χ1n) is 6.22. The summed E-state index contributed by atoms with van der Waals surface area (Å²) in [6.45, 7) is 4.13. The van der Waals surface area contributed by atoms with Crippen molar-refractivity contribution in [2.24, 2.45) is 0 Å². The summed E-state index contributed by atoms with van der Waals surface area (Å²) in [6.07, 6.45) is 0.940. The molecule has 0 atom stereocenters. The molecule has 0 N–H and O–H groups in total. The van der Waals surface area contributed by atoms with Crippen LogP contribution in [0.15, 0.2) is 24.3 Å². The van der Waals surface area contributed by atoms with Gasteiger partial charge in [0.2, 0.25) is 4.96 Å². The van der Waals surface area contributed by atoms with Crippen molar-refractivity contribution in [3.63, 3.8) is 0 Å². The van der Waals surface area contributed by atoms with Gasteiger partial charge in [-0.2, -0.15) is 5.10 Å². The highest BCUT2D eigenvalue weighted by molar-refractivity contribution is 7.16. The highest BCUT2D eigenvalue weighted by Gasteiger charge is 2.14. The lowest BCUT2D eigenvalue weighted by molar-refractivity contribution is 0.415. The second kappa shape index (κ2) is 4.66. The summed E-state index contributed by atoms with van der Waals surface area (Å²) in [4.78, 5) is 5.55. The lowest BCUT2D eigenvalue weighted by Gasteiger charge is -2.03. The van der Waals surface area contributed by atoms with Gasteiger partial charge >= 0.3 is 0 Å². The minimum Gasteiger partial charge on any atom is -0.497 e. The molecule has 0 unspecified atom stereocenters. The Morgan fingerprint density at radius 1 is 1.26 bits per heavy atom. The summed E-state index contributed by atoms with van der Waals surface area (Å²) in [5.41, 5.74) is 3.18. The van der Waals surface area contributed by atoms with Crippen LogP contribution in [0.4, 0.5) is 0 Å². The molecule has 2 aromatic heterocycles. The van der Waals surface area contributed by atoms with Crippen LogP contribution in [0.3, 0.4) is 0 Å². The van der Waals surface area contributed by atoms with Gasteiger partial charge in [0.05, 0.1) is 18.5 Å². The Bertz CT molecular complexity index is 712. The van der Waals surface area contributed by atoms with Gasteiger partial charge in [0.15, 0.2) is 0 Å². The maximum absolute atomic E-state index is 5.19. The fourth-order valence-corrected chi connectivity index (χ4v) is 2.99. The Hall–Kier alpha value is -1.88. The molecule has 0 saturated carbocycles. The van der Waals surface area contributed by atoms with Gasteiger partial charge in [0.25, 0.3) is 0 Å². The van der Waals surface area contributed by atoms with Gasteiger partial charge in [-0.15, -0.1) is 0 Å². The Labute approximate surface area is 115 Å². The molecule has 4 nitrogen and oxygen atoms in total. The number of fused-ring (bicyclic) bond motifs is 1. The molecule has 3 aromatic rings. The van der Waals surface area contributed by atoms with E-state index in [4.69, 9.17) is 4.74 Å². The lowest BCUT2D eigenvalue weighted by atomic mass is 10.1. The summed E-state index contributed by atoms with van der Waals surface area (Å²) in [5, 5.41) is 5.72. The van der Waals surface area contributed by atoms with Gasteiger partial charge in [-0.25, -0.2) is 9.50 Å². The van der Waals surface area contributed by atoms with Crippen molar-refractivity contribution in [3.05, 3.63) is 35.0 Å². The number of hydrogen-bond acceptors (Lipinski definition) is 4. The van der Waals surface area contributed by atoms with Crippen LogP contribution in [-0.2, 0) is 6.42 Å². The molecule has 2 heterocycles. The minimum atomic E-state index is 0.856. The van der Waals surface area contributed by atoms with E-state index >= 15 is 0 Å². The summed E-state index contributed by atoms with van der Waals surface area (Å²) in [7, 11) is 1.67. The average Bonchev–Trinajstić information content (AvgIpc) is 2.95. The van der Waals surface area contributed by atoms with Crippen LogP contribution < -0.4 is 4.74 Å². The summed E-state index contributed by atoms with van der Waals surface area (Å²) >= 11 is 1.65. The zero-order valence-electron chi connectivity index (χ0n) is 11.2. The van der Waals surface area contributed by atoms with E-state index in [1.165, 1.54) is 0 Å². The van der Waals surface area contributed by atoms with Crippen molar-refractivity contribution in [3.8, 4) is 17.0 Å². The standard InChI is InChI=1S/C14H15N3OS/c1-4-12-16-17-13(9(2)15-14(17)19-12)10-5-7-11(18-3)8-6-10/h5-8H,4H2,1-3H3. The molecular formula is C14H15N3OS. The van der Waals surface area contributed by atoms with Crippen molar-refractivity contribution in [2.75, 3.05) is 7.11 Å². The fourth-order valence-electron chi connectivity index (χ4n) is 2.11. The second-order valence-electron chi connectivity index (χ2n) is 4.32. The molecule has 0 spiro atoms. The van der Waals surface area contributed by atoms with E-state index in [1.807, 2.05) is 35.7 Å². The van der Waals surface area contributed by atoms with Crippen LogP contribution in [0.5, 0.6) is 5.75 Å². The Morgan fingerprint density at radius 3 is 2.63 bits per heavy atom. The number of hydrogen-bond donors (Lipinski definition) is 0. The highest BCUT2D eigenvalue weighted by atomic mass is 32.1. The number of methoxy groups -OCH3 is 1. The highest BCUT2D eigenvalue weighted by Crippen LogP contribution is 2.28. The maximum Gasteiger partial charge on any atom is 0.212 e. The SMILES string of the molecule is CCc1nn2c(-c3ccc(OC)cc3)c(C)nc2s1. The smallest absolute Gasteiger partial charge is 0.212 e. The lowest BCUT2D eigenvalue weighted by Crippen LogP contribution is -1.92. The topological polar surface area (TPSA) is 39.4 Å². The number of ether oxygens (including phenoxy) is 1. The normalized spacial score (nSPS) is 11.1. The van der Waals surface area contributed by atoms with Gasteiger partial charge < -0.3 is 4.74 Å². The van der Waals surface area contributed by atoms with Crippen LogP contribution in [0.2, 0.25) is 0 Å². The molecule has 0 aliphatic heterocycles. The molecule has 0 saturated heterocycles. The second-order valence-corrected chi connectivity index (χ2v) is 5.36. The van der Waals surface area contributed by atoms with Crippen molar-refractivity contribution in [1.29, 1.82) is 0 Å². The monoisotopic (exact) mass is 273 g/mol. The first-order chi connectivity index (χ1) is 9.22. The molecule has 0 fully saturated rings. The molecule has 1 aromatic carbocycles. The van der Waals surface area contributed by atoms with E-state index in [0.717, 1.165) is 39.1 Å². The number of nitrogens with zero attached hydrogens (tertiary/aromatic N) is 3. The molecule has 3 rings (SSSR count). The summed E-state index contributed by atoms with van der Waals surface area (Å²) in [5.74, 6) is 0.856. The van der Waals surface area contributed by atoms with Gasteiger partial charge in [-0.3, -0.25) is 0 Å². The molecule has 0 bridgehead atoms. The van der Waals surface area contributed by atoms with E-state index in [-0.39, 0.29) is 0 Å². The molecule has 19 heavy (non-hydrogen) atoms. The van der Waals surface area contributed by atoms with Crippen molar-refractivity contribution < 1.29 is 4.74 Å². The van der Waals surface area contributed by atoms with Crippen molar-refractivity contribution in [2.45, 2.75) is 20.3 Å². The average molecular weight is 273 g/mol. The van der Waals surface area contributed by atoms with Crippen LogP contribution in [0, 0.1) is 6.92 Å². The third-order valence-electron chi connectivity index (χ3n) is 3.09. The number of rotatable bonds is 3. The van der Waals surface area contributed by atoms with Crippen LogP contribution in [0.1, 0.15) is 17.6 Å². The third kappa shape index (κ3) is 2.00. The summed E-state index contributed by atoms with van der Waals surface area (Å²) in [6, 6.07) is 8.00. The van der Waals surface area contributed by atoms with Crippen LogP contribution in [0.25, 0.3) is 16.2 Å². The van der Waals surface area contributed by atoms with E-state index in [2.05, 4.69) is 17.0 Å². The number of aryl methyl sites for hydroxylation is 2. The van der Waals surface area contributed by atoms with E-state index < -0.39 is 0 Å². The van der Waals surface area contributed by atoms with E-state index in [1.54, 1.807) is 18.4 Å². The van der Waals surface area contributed by atoms with Gasteiger partial charge in [-0.05, 0) is 37.6 Å². The van der Waals surface area contributed by atoms with Gasteiger partial charge in [0, 0.05) is 5.56 Å². The quantitative estimate of drug-likeness (QED) is 0.734. The molecule has 0 radical (unpaired) electrons. The fraction of sp³-hybridized carbons (Fsp3) is 0.286. The predicted octanol–water partition coefficient (Wildman–Crippen LogP) is 3.34. The molecule has 0 aliphatic carbocycles. The Morgan fingerprint density at radius 2 is 2.00 bits per heavy atom. The molecule has 0 aliphatic rings. The summed E-state index contributed by atoms with van der Waals surface area (Å²) < 4.78 is 7.13. The maximum atomic E-state index is 5.19. The number of benzene rings is 1. The van der Waals surface area contributed by atoms with Gasteiger partial charge in [-0.1, -0.05) is 18.3 Å². The first-order valence-corrected chi connectivity index (χ1v) is 7.04. The van der Waals surface area contributed by atoms with E-state index in [0.29, 0.717) is 0 Å². The molecule has 5 heteroatoms. The number of imidazole rings is 1. The first kappa shape index (κ1) is 12.2. The molecular weight excluding hydrogens is 258 g/mol. The van der Waals surface area contributed by atoms with E-state index in [9.17, 15) is 0 Å². The Kier molecular flexibility index (Phi) is 2.98. The largest absolute Gasteiger partial charge is 0.497 e. The van der Waals surface area contributed by atoms with Crippen molar-refractivity contribution in [1.82, 2.24) is 14.6 Å². The van der Waals surface area contributed by atoms with Gasteiger partial charge in [0.1, 0.15) is 10.8 Å².